The van der Waals surface area contributed by atoms with Gasteiger partial charge in [-0.05, 0) is 36.1 Å². The first kappa shape index (κ1) is 22.3. The topological polar surface area (TPSA) is 63.3 Å². The number of halogens is 1. The molecule has 0 saturated carbocycles. The first-order chi connectivity index (χ1) is 14.2. The maximum Gasteiger partial charge on any atom is 0.194 e. The van der Waals surface area contributed by atoms with E-state index in [9.17, 15) is 0 Å². The van der Waals surface area contributed by atoms with Crippen LogP contribution >= 0.6 is 24.0 Å². The van der Waals surface area contributed by atoms with Crippen molar-refractivity contribution in [2.24, 2.45) is 12.0 Å². The van der Waals surface area contributed by atoms with Gasteiger partial charge in [-0.1, -0.05) is 24.3 Å². The van der Waals surface area contributed by atoms with Crippen LogP contribution in [0.5, 0.6) is 0 Å². The van der Waals surface area contributed by atoms with E-state index in [2.05, 4.69) is 57.8 Å². The van der Waals surface area contributed by atoms with Crippen LogP contribution in [-0.4, -0.2) is 50.1 Å². The van der Waals surface area contributed by atoms with Crippen molar-refractivity contribution in [2.45, 2.75) is 32.4 Å². The normalized spacial score (nSPS) is 16.5. The molecule has 0 radical (unpaired) electrons. The van der Waals surface area contributed by atoms with Crippen LogP contribution in [0.3, 0.4) is 0 Å². The molecule has 3 heterocycles. The third-order valence-electron chi connectivity index (χ3n) is 5.33. The van der Waals surface area contributed by atoms with Gasteiger partial charge >= 0.3 is 0 Å². The Balaban J connectivity index is 0.00000256. The van der Waals surface area contributed by atoms with E-state index in [1.165, 1.54) is 16.7 Å². The molecule has 3 aromatic rings. The molecule has 1 atom stereocenters. The molecule has 0 aliphatic carbocycles. The number of nitrogens with zero attached hydrogens (tertiary/aromatic N) is 6. The Labute approximate surface area is 195 Å². The molecule has 4 rings (SSSR count). The summed E-state index contributed by atoms with van der Waals surface area (Å²) < 4.78 is 3.82. The molecule has 0 bridgehead atoms. The zero-order valence-corrected chi connectivity index (χ0v) is 19.9. The Morgan fingerprint density at radius 3 is 2.83 bits per heavy atom. The van der Waals surface area contributed by atoms with Gasteiger partial charge in [0.25, 0.3) is 0 Å². The minimum atomic E-state index is 0. The van der Waals surface area contributed by atoms with Crippen molar-refractivity contribution in [1.82, 2.24) is 29.8 Å². The molecule has 1 aliphatic heterocycles. The van der Waals surface area contributed by atoms with Gasteiger partial charge in [-0.3, -0.25) is 9.36 Å². The van der Waals surface area contributed by atoms with Crippen molar-refractivity contribution < 1.29 is 0 Å². The molecule has 0 spiro atoms. The highest BCUT2D eigenvalue weighted by atomic mass is 127. The van der Waals surface area contributed by atoms with Crippen LogP contribution < -0.4 is 5.32 Å². The fourth-order valence-corrected chi connectivity index (χ4v) is 3.88. The average Bonchev–Trinajstić information content (AvgIpc) is 3.47. The highest BCUT2D eigenvalue weighted by molar-refractivity contribution is 14.0. The molecule has 1 N–H and O–H groups in total. The van der Waals surface area contributed by atoms with E-state index in [1.807, 2.05) is 41.1 Å². The van der Waals surface area contributed by atoms with Crippen LogP contribution in [0, 0.1) is 0 Å². The van der Waals surface area contributed by atoms with Gasteiger partial charge in [-0.2, -0.15) is 10.2 Å². The Morgan fingerprint density at radius 1 is 1.23 bits per heavy atom. The van der Waals surface area contributed by atoms with Gasteiger partial charge in [0, 0.05) is 51.2 Å². The predicted octanol–water partition coefficient (Wildman–Crippen LogP) is 3.24. The van der Waals surface area contributed by atoms with E-state index in [0.29, 0.717) is 12.5 Å². The van der Waals surface area contributed by atoms with Gasteiger partial charge in [0.05, 0.1) is 19.3 Å². The Hall–Kier alpha value is -2.36. The van der Waals surface area contributed by atoms with Crippen LogP contribution in [0.4, 0.5) is 0 Å². The van der Waals surface area contributed by atoms with Crippen molar-refractivity contribution in [3.8, 4) is 0 Å². The molecule has 1 unspecified atom stereocenters. The SMILES string of the molecule is CCNC(=NCc1cccc(Cn2cccn2)c1)N1CCC(c2cnn(C)c2)C1.I. The van der Waals surface area contributed by atoms with E-state index in [-0.39, 0.29) is 24.0 Å². The summed E-state index contributed by atoms with van der Waals surface area (Å²) in [5.41, 5.74) is 3.77. The molecule has 160 valence electrons. The highest BCUT2D eigenvalue weighted by Crippen LogP contribution is 2.26. The number of aryl methyl sites for hydroxylation is 1. The summed E-state index contributed by atoms with van der Waals surface area (Å²) in [5.74, 6) is 1.52. The number of likely N-dealkylation sites (tertiary alicyclic amines) is 1. The van der Waals surface area contributed by atoms with Gasteiger partial charge in [-0.15, -0.1) is 24.0 Å². The lowest BCUT2D eigenvalue weighted by atomic mass is 10.0. The van der Waals surface area contributed by atoms with Crippen LogP contribution in [-0.2, 0) is 20.1 Å². The maximum atomic E-state index is 4.93. The van der Waals surface area contributed by atoms with Crippen molar-refractivity contribution in [3.63, 3.8) is 0 Å². The number of hydrogen-bond donors (Lipinski definition) is 1. The van der Waals surface area contributed by atoms with Crippen LogP contribution in [0.2, 0.25) is 0 Å². The number of benzene rings is 1. The predicted molar refractivity (Wildman–Crippen MR) is 130 cm³/mol. The maximum absolute atomic E-state index is 4.93. The third-order valence-corrected chi connectivity index (χ3v) is 5.33. The molecule has 0 amide bonds. The lowest BCUT2D eigenvalue weighted by Crippen LogP contribution is -2.40. The second-order valence-electron chi connectivity index (χ2n) is 7.57. The number of rotatable bonds is 6. The van der Waals surface area contributed by atoms with Crippen LogP contribution in [0.25, 0.3) is 0 Å². The fraction of sp³-hybridized carbons (Fsp3) is 0.409. The molecule has 2 aromatic heterocycles. The fourth-order valence-electron chi connectivity index (χ4n) is 3.88. The van der Waals surface area contributed by atoms with Gasteiger partial charge < -0.3 is 10.2 Å². The first-order valence-corrected chi connectivity index (χ1v) is 10.3. The zero-order valence-electron chi connectivity index (χ0n) is 17.6. The average molecular weight is 519 g/mol. The number of guanidine groups is 1. The van der Waals surface area contributed by atoms with E-state index < -0.39 is 0 Å². The van der Waals surface area contributed by atoms with Gasteiger partial charge in [0.15, 0.2) is 5.96 Å². The lowest BCUT2D eigenvalue weighted by molar-refractivity contribution is 0.486. The second kappa shape index (κ2) is 10.6. The van der Waals surface area contributed by atoms with Crippen molar-refractivity contribution in [2.75, 3.05) is 19.6 Å². The van der Waals surface area contributed by atoms with Crippen molar-refractivity contribution in [3.05, 3.63) is 71.8 Å². The van der Waals surface area contributed by atoms with Crippen LogP contribution in [0.1, 0.15) is 36.0 Å². The number of nitrogens with one attached hydrogen (secondary N) is 1. The van der Waals surface area contributed by atoms with Crippen molar-refractivity contribution in [1.29, 1.82) is 0 Å². The summed E-state index contributed by atoms with van der Waals surface area (Å²) in [6.07, 6.45) is 9.05. The molecule has 1 fully saturated rings. The smallest absolute Gasteiger partial charge is 0.194 e. The lowest BCUT2D eigenvalue weighted by Gasteiger charge is -2.21. The highest BCUT2D eigenvalue weighted by Gasteiger charge is 2.26. The number of aliphatic imine (C=N–C) groups is 1. The molecule has 1 saturated heterocycles. The first-order valence-electron chi connectivity index (χ1n) is 10.3. The standard InChI is InChI=1S/C22H29N7.HI/c1-3-23-22(28-11-8-20(17-28)21-14-26-27(2)16-21)24-13-18-6-4-7-19(12-18)15-29-10-5-9-25-29;/h4-7,9-10,12,14,16,20H,3,8,11,13,15,17H2,1-2H3,(H,23,24);1H. The summed E-state index contributed by atoms with van der Waals surface area (Å²) in [6, 6.07) is 10.6. The molecule has 7 nitrogen and oxygen atoms in total. The van der Waals surface area contributed by atoms with Gasteiger partial charge in [0.2, 0.25) is 0 Å². The van der Waals surface area contributed by atoms with Crippen molar-refractivity contribution >= 4 is 29.9 Å². The Kier molecular flexibility index (Phi) is 7.89. The summed E-state index contributed by atoms with van der Waals surface area (Å²) in [5, 5.41) is 12.1. The molecule has 30 heavy (non-hydrogen) atoms. The van der Waals surface area contributed by atoms with Gasteiger partial charge in [-0.25, -0.2) is 4.99 Å². The largest absolute Gasteiger partial charge is 0.357 e. The number of hydrogen-bond acceptors (Lipinski definition) is 3. The number of aromatic nitrogens is 4. The minimum absolute atomic E-state index is 0. The van der Waals surface area contributed by atoms with E-state index in [1.54, 1.807) is 0 Å². The zero-order chi connectivity index (χ0) is 20.1. The summed E-state index contributed by atoms with van der Waals surface area (Å²) in [7, 11) is 1.97. The summed E-state index contributed by atoms with van der Waals surface area (Å²) >= 11 is 0. The summed E-state index contributed by atoms with van der Waals surface area (Å²) in [4.78, 5) is 7.30. The molecule has 8 heteroatoms. The third kappa shape index (κ3) is 5.62. The second-order valence-corrected chi connectivity index (χ2v) is 7.57. The summed E-state index contributed by atoms with van der Waals surface area (Å²) in [6.45, 7) is 6.44. The van der Waals surface area contributed by atoms with E-state index in [4.69, 9.17) is 4.99 Å². The van der Waals surface area contributed by atoms with E-state index >= 15 is 0 Å². The minimum Gasteiger partial charge on any atom is -0.357 e. The quantitative estimate of drug-likeness (QED) is 0.309. The molecular weight excluding hydrogens is 489 g/mol. The monoisotopic (exact) mass is 519 g/mol. The molecule has 1 aromatic carbocycles. The van der Waals surface area contributed by atoms with E-state index in [0.717, 1.165) is 38.6 Å². The Morgan fingerprint density at radius 2 is 2.10 bits per heavy atom. The molecule has 1 aliphatic rings. The Bertz CT molecular complexity index is 948. The van der Waals surface area contributed by atoms with Gasteiger partial charge in [0.1, 0.15) is 0 Å². The molecular formula is C22H30IN7. The van der Waals surface area contributed by atoms with Crippen LogP contribution in [0.15, 0.2) is 60.1 Å².